The molecule has 1 aromatic heterocycles. The van der Waals surface area contributed by atoms with Gasteiger partial charge >= 0.3 is 5.97 Å². The first kappa shape index (κ1) is 21.9. The predicted octanol–water partition coefficient (Wildman–Crippen LogP) is 1.75. The number of carbonyl (C=O) groups excluding carboxylic acids is 1. The van der Waals surface area contributed by atoms with Gasteiger partial charge in [0.25, 0.3) is 0 Å². The van der Waals surface area contributed by atoms with Gasteiger partial charge < -0.3 is 26.1 Å². The number of ether oxygens (including phenoxy) is 1. The Kier molecular flexibility index (Phi) is 8.70. The Hall–Kier alpha value is -3.17. The Morgan fingerprint density at radius 1 is 1.22 bits per heavy atom. The van der Waals surface area contributed by atoms with Crippen molar-refractivity contribution in [3.8, 4) is 5.75 Å². The molecule has 1 aromatic carbocycles. The van der Waals surface area contributed by atoms with Gasteiger partial charge in [0.05, 0.1) is 11.3 Å². The molecule has 0 atom stereocenters. The van der Waals surface area contributed by atoms with E-state index in [1.54, 1.807) is 24.3 Å². The van der Waals surface area contributed by atoms with Crippen LogP contribution in [-0.4, -0.2) is 46.0 Å². The lowest BCUT2D eigenvalue weighted by atomic mass is 10.2. The number of carbonyl (C=O) groups is 2. The van der Waals surface area contributed by atoms with Crippen LogP contribution in [0.5, 0.6) is 5.75 Å². The van der Waals surface area contributed by atoms with Gasteiger partial charge in [-0.15, -0.1) is 12.4 Å². The number of aromatic nitrogens is 1. The van der Waals surface area contributed by atoms with Crippen molar-refractivity contribution in [2.24, 2.45) is 10.9 Å². The number of hydrogen-bond donors (Lipinski definition) is 4. The monoisotopic (exact) mass is 394 g/mol. The zero-order valence-electron chi connectivity index (χ0n) is 14.2. The minimum absolute atomic E-state index is 0. The largest absolute Gasteiger partial charge is 0.487 e. The van der Waals surface area contributed by atoms with E-state index in [0.29, 0.717) is 11.4 Å². The number of benzene rings is 1. The summed E-state index contributed by atoms with van der Waals surface area (Å²) >= 11 is 0. The summed E-state index contributed by atoms with van der Waals surface area (Å²) in [5.74, 6) is -0.822. The standard InChI is InChI=1S/C17H18N4O5.ClH/c18-7-5-16(22)20-12-1-3-13(4-2-12)26-10-15(21-25)14-9-11(17(23)24)6-8-19-14;/h1-4,6,8-9,25H,5,7,10,18H2,(H,20,22)(H,23,24);1H/b21-15+;. The summed E-state index contributed by atoms with van der Waals surface area (Å²) in [6.07, 6.45) is 1.54. The van der Waals surface area contributed by atoms with Crippen molar-refractivity contribution in [3.63, 3.8) is 0 Å². The Morgan fingerprint density at radius 3 is 2.52 bits per heavy atom. The van der Waals surface area contributed by atoms with Crippen LogP contribution in [0.1, 0.15) is 22.5 Å². The number of nitrogens with one attached hydrogen (secondary N) is 1. The van der Waals surface area contributed by atoms with Gasteiger partial charge in [0.15, 0.2) is 0 Å². The molecule has 144 valence electrons. The maximum absolute atomic E-state index is 11.5. The summed E-state index contributed by atoms with van der Waals surface area (Å²) in [6.45, 7) is 0.152. The molecular weight excluding hydrogens is 376 g/mol. The van der Waals surface area contributed by atoms with Gasteiger partial charge in [0, 0.05) is 24.8 Å². The highest BCUT2D eigenvalue weighted by Gasteiger charge is 2.11. The summed E-state index contributed by atoms with van der Waals surface area (Å²) in [4.78, 5) is 26.4. The lowest BCUT2D eigenvalue weighted by Gasteiger charge is -2.09. The molecule has 0 bridgehead atoms. The van der Waals surface area contributed by atoms with Crippen LogP contribution in [0.15, 0.2) is 47.8 Å². The molecule has 0 aliphatic heterocycles. The zero-order valence-corrected chi connectivity index (χ0v) is 15.0. The molecule has 5 N–H and O–H groups in total. The van der Waals surface area contributed by atoms with E-state index in [-0.39, 0.29) is 54.9 Å². The number of oxime groups is 1. The molecule has 1 amide bonds. The number of rotatable bonds is 8. The fraction of sp³-hybridized carbons (Fsp3) is 0.176. The first-order chi connectivity index (χ1) is 12.5. The summed E-state index contributed by atoms with van der Waals surface area (Å²) in [7, 11) is 0. The number of pyridine rings is 1. The smallest absolute Gasteiger partial charge is 0.335 e. The van der Waals surface area contributed by atoms with Crippen molar-refractivity contribution in [3.05, 3.63) is 53.9 Å². The van der Waals surface area contributed by atoms with Crippen molar-refractivity contribution in [2.75, 3.05) is 18.5 Å². The van der Waals surface area contributed by atoms with E-state index in [2.05, 4.69) is 15.5 Å². The fourth-order valence-corrected chi connectivity index (χ4v) is 2.02. The number of halogens is 1. The van der Waals surface area contributed by atoms with Crippen LogP contribution in [0.25, 0.3) is 0 Å². The first-order valence-corrected chi connectivity index (χ1v) is 7.67. The third kappa shape index (κ3) is 6.57. The molecule has 2 rings (SSSR count). The lowest BCUT2D eigenvalue weighted by Crippen LogP contribution is -2.16. The number of anilines is 1. The molecule has 0 saturated carbocycles. The molecule has 1 heterocycles. The highest BCUT2D eigenvalue weighted by atomic mass is 35.5. The molecule has 27 heavy (non-hydrogen) atoms. The van der Waals surface area contributed by atoms with Crippen molar-refractivity contribution < 1.29 is 24.6 Å². The Balaban J connectivity index is 0.00000364. The molecule has 0 aliphatic rings. The Morgan fingerprint density at radius 2 is 1.93 bits per heavy atom. The van der Waals surface area contributed by atoms with Crippen LogP contribution in [0.4, 0.5) is 5.69 Å². The van der Waals surface area contributed by atoms with Crippen LogP contribution in [0.3, 0.4) is 0 Å². The summed E-state index contributed by atoms with van der Waals surface area (Å²) < 4.78 is 5.51. The van der Waals surface area contributed by atoms with E-state index in [9.17, 15) is 9.59 Å². The van der Waals surface area contributed by atoms with Crippen molar-refractivity contribution in [1.29, 1.82) is 0 Å². The second-order valence-electron chi connectivity index (χ2n) is 5.18. The van der Waals surface area contributed by atoms with E-state index in [1.807, 2.05) is 0 Å². The third-order valence-electron chi connectivity index (χ3n) is 3.31. The minimum Gasteiger partial charge on any atom is -0.487 e. The van der Waals surface area contributed by atoms with Crippen molar-refractivity contribution in [2.45, 2.75) is 6.42 Å². The number of nitrogens with zero attached hydrogens (tertiary/aromatic N) is 2. The molecule has 2 aromatic rings. The van der Waals surface area contributed by atoms with Gasteiger partial charge in [-0.25, -0.2) is 4.79 Å². The van der Waals surface area contributed by atoms with Gasteiger partial charge in [0.2, 0.25) is 5.91 Å². The highest BCUT2D eigenvalue weighted by Crippen LogP contribution is 2.16. The van der Waals surface area contributed by atoms with Crippen LogP contribution < -0.4 is 15.8 Å². The Bertz CT molecular complexity index is 811. The number of aromatic carboxylic acids is 1. The maximum Gasteiger partial charge on any atom is 0.335 e. The lowest BCUT2D eigenvalue weighted by molar-refractivity contribution is -0.116. The minimum atomic E-state index is -1.11. The number of carboxylic acid groups (broad SMARTS) is 1. The molecule has 9 nitrogen and oxygen atoms in total. The molecule has 0 fully saturated rings. The summed E-state index contributed by atoms with van der Waals surface area (Å²) in [5, 5.41) is 23.9. The van der Waals surface area contributed by atoms with Crippen LogP contribution in [0, 0.1) is 0 Å². The van der Waals surface area contributed by atoms with E-state index in [1.165, 1.54) is 18.3 Å². The second kappa shape index (κ2) is 10.7. The average molecular weight is 395 g/mol. The summed E-state index contributed by atoms with van der Waals surface area (Å²) in [6, 6.07) is 9.20. The van der Waals surface area contributed by atoms with Crippen molar-refractivity contribution >= 4 is 35.7 Å². The molecule has 10 heteroatoms. The molecule has 0 spiro atoms. The van der Waals surface area contributed by atoms with Gasteiger partial charge in [-0.05, 0) is 36.4 Å². The van der Waals surface area contributed by atoms with E-state index >= 15 is 0 Å². The molecular formula is C17H19ClN4O5. The molecule has 0 radical (unpaired) electrons. The maximum atomic E-state index is 11.5. The van der Waals surface area contributed by atoms with E-state index in [0.717, 1.165) is 0 Å². The number of amides is 1. The molecule has 0 aliphatic carbocycles. The third-order valence-corrected chi connectivity index (χ3v) is 3.31. The average Bonchev–Trinajstić information content (AvgIpc) is 2.64. The topological polar surface area (TPSA) is 147 Å². The number of hydrogen-bond acceptors (Lipinski definition) is 7. The number of nitrogens with two attached hydrogens (primary N) is 1. The predicted molar refractivity (Wildman–Crippen MR) is 101 cm³/mol. The zero-order chi connectivity index (χ0) is 18.9. The molecule has 0 unspecified atom stereocenters. The van der Waals surface area contributed by atoms with Gasteiger partial charge in [0.1, 0.15) is 18.1 Å². The van der Waals surface area contributed by atoms with Gasteiger partial charge in [-0.3, -0.25) is 9.78 Å². The van der Waals surface area contributed by atoms with Crippen molar-refractivity contribution in [1.82, 2.24) is 4.98 Å². The van der Waals surface area contributed by atoms with E-state index in [4.69, 9.17) is 20.8 Å². The Labute approximate surface area is 161 Å². The summed E-state index contributed by atoms with van der Waals surface area (Å²) in [5.41, 5.74) is 6.20. The molecule has 0 saturated heterocycles. The van der Waals surface area contributed by atoms with Crippen LogP contribution >= 0.6 is 12.4 Å². The normalized spacial score (nSPS) is 10.6. The van der Waals surface area contributed by atoms with E-state index < -0.39 is 5.97 Å². The quantitative estimate of drug-likeness (QED) is 0.303. The van der Waals surface area contributed by atoms with Gasteiger partial charge in [-0.2, -0.15) is 0 Å². The first-order valence-electron chi connectivity index (χ1n) is 7.67. The fourth-order valence-electron chi connectivity index (χ4n) is 2.02. The number of carboxylic acids is 1. The SMILES string of the molecule is Cl.NCCC(=O)Nc1ccc(OC/C(=N\O)c2cc(C(=O)O)ccn2)cc1. The highest BCUT2D eigenvalue weighted by molar-refractivity contribution is 6.01. The van der Waals surface area contributed by atoms with Crippen LogP contribution in [0.2, 0.25) is 0 Å². The second-order valence-corrected chi connectivity index (χ2v) is 5.18. The van der Waals surface area contributed by atoms with Gasteiger partial charge in [-0.1, -0.05) is 5.16 Å². The van der Waals surface area contributed by atoms with Crippen LogP contribution in [-0.2, 0) is 4.79 Å².